The van der Waals surface area contributed by atoms with E-state index in [2.05, 4.69) is 15.3 Å². The van der Waals surface area contributed by atoms with Gasteiger partial charge in [0.15, 0.2) is 0 Å². The van der Waals surface area contributed by atoms with E-state index >= 15 is 0 Å². The van der Waals surface area contributed by atoms with E-state index in [0.717, 1.165) is 37.8 Å². The second-order valence-electron chi connectivity index (χ2n) is 6.34. The Morgan fingerprint density at radius 2 is 2.00 bits per heavy atom. The molecule has 0 spiro atoms. The molecule has 4 aromatic rings. The number of methoxy groups -OCH3 is 1. The molecule has 0 atom stereocenters. The third-order valence-electron chi connectivity index (χ3n) is 4.43. The fourth-order valence-corrected chi connectivity index (χ4v) is 4.03. The number of hydrogen-bond acceptors (Lipinski definition) is 4. The van der Waals surface area contributed by atoms with Crippen molar-refractivity contribution in [2.24, 2.45) is 0 Å². The zero-order valence-electron chi connectivity index (χ0n) is 15.4. The summed E-state index contributed by atoms with van der Waals surface area (Å²) in [6.45, 7) is 2.40. The Labute approximate surface area is 171 Å². The minimum absolute atomic E-state index is 0.170. The second-order valence-corrected chi connectivity index (χ2v) is 8.06. The van der Waals surface area contributed by atoms with Gasteiger partial charge in [0, 0.05) is 32.4 Å². The highest BCUT2D eigenvalue weighted by atomic mass is 35.5. The summed E-state index contributed by atoms with van der Waals surface area (Å²) in [5.74, 6) is 0.574. The van der Waals surface area contributed by atoms with Crippen LogP contribution in [-0.2, 0) is 6.54 Å². The first-order valence-electron chi connectivity index (χ1n) is 8.70. The molecule has 2 N–H and O–H groups in total. The number of benzene rings is 2. The van der Waals surface area contributed by atoms with Gasteiger partial charge in [0.05, 0.1) is 19.3 Å². The van der Waals surface area contributed by atoms with Gasteiger partial charge in [-0.05, 0) is 37.3 Å². The molecule has 0 unspecified atom stereocenters. The number of carbonyl (C=O) groups is 1. The number of carbonyl (C=O) groups excluding carboxylic acids is 1. The molecule has 0 fully saturated rings. The van der Waals surface area contributed by atoms with E-state index in [4.69, 9.17) is 16.3 Å². The summed E-state index contributed by atoms with van der Waals surface area (Å²) >= 11 is 7.53. The van der Waals surface area contributed by atoms with E-state index in [1.807, 2.05) is 55.5 Å². The van der Waals surface area contributed by atoms with Crippen LogP contribution >= 0.6 is 22.9 Å². The maximum Gasteiger partial charge on any atom is 0.268 e. The Hall–Kier alpha value is -2.83. The van der Waals surface area contributed by atoms with Crippen LogP contribution in [0.25, 0.3) is 22.2 Å². The van der Waals surface area contributed by atoms with Gasteiger partial charge < -0.3 is 15.0 Å². The first-order chi connectivity index (χ1) is 13.5. The molecule has 0 radical (unpaired) electrons. The summed E-state index contributed by atoms with van der Waals surface area (Å²) < 4.78 is 5.22. The summed E-state index contributed by atoms with van der Waals surface area (Å²) in [4.78, 5) is 21.4. The molecule has 4 rings (SSSR count). The predicted octanol–water partition coefficient (Wildman–Crippen LogP) is 5.19. The van der Waals surface area contributed by atoms with Crippen LogP contribution < -0.4 is 10.1 Å². The van der Waals surface area contributed by atoms with Gasteiger partial charge >= 0.3 is 0 Å². The highest BCUT2D eigenvalue weighted by molar-refractivity contribution is 7.12. The summed E-state index contributed by atoms with van der Waals surface area (Å²) in [5.41, 5.74) is 3.30. The molecule has 7 heteroatoms. The maximum absolute atomic E-state index is 12.5. The van der Waals surface area contributed by atoms with Crippen LogP contribution in [0.2, 0.25) is 5.02 Å². The van der Waals surface area contributed by atoms with E-state index in [1.54, 1.807) is 18.4 Å². The summed E-state index contributed by atoms with van der Waals surface area (Å²) in [5, 5.41) is 5.44. The van der Waals surface area contributed by atoms with Crippen molar-refractivity contribution < 1.29 is 9.53 Å². The molecule has 2 aromatic heterocycles. The van der Waals surface area contributed by atoms with Crippen molar-refractivity contribution in [1.29, 1.82) is 0 Å². The third kappa shape index (κ3) is 3.74. The molecule has 0 aliphatic heterocycles. The van der Waals surface area contributed by atoms with Gasteiger partial charge in [-0.3, -0.25) is 4.79 Å². The molecular formula is C21H18ClN3O2S. The van der Waals surface area contributed by atoms with Gasteiger partial charge in [-0.1, -0.05) is 23.7 Å². The van der Waals surface area contributed by atoms with Crippen LogP contribution in [0.1, 0.15) is 20.4 Å². The lowest BCUT2D eigenvalue weighted by molar-refractivity contribution is 0.0946. The Morgan fingerprint density at radius 1 is 1.21 bits per heavy atom. The molecule has 2 heterocycles. The number of hydrogen-bond donors (Lipinski definition) is 2. The van der Waals surface area contributed by atoms with Crippen molar-refractivity contribution in [2.45, 2.75) is 13.5 Å². The van der Waals surface area contributed by atoms with Gasteiger partial charge in [-0.25, -0.2) is 4.98 Å². The van der Waals surface area contributed by atoms with Crippen LogP contribution in [0.15, 0.2) is 48.5 Å². The molecule has 5 nitrogen and oxygen atoms in total. The van der Waals surface area contributed by atoms with Gasteiger partial charge in [0.2, 0.25) is 0 Å². The number of fused-ring (bicyclic) bond motifs is 1. The number of H-pyrrole nitrogens is 1. The zero-order chi connectivity index (χ0) is 19.7. The van der Waals surface area contributed by atoms with Gasteiger partial charge in [0.25, 0.3) is 5.91 Å². The lowest BCUT2D eigenvalue weighted by atomic mass is 10.1. The predicted molar refractivity (Wildman–Crippen MR) is 113 cm³/mol. The molecule has 0 saturated heterocycles. The first-order valence-corrected chi connectivity index (χ1v) is 9.90. The highest BCUT2D eigenvalue weighted by Crippen LogP contribution is 2.28. The zero-order valence-corrected chi connectivity index (χ0v) is 16.9. The minimum atomic E-state index is -0.170. The molecule has 0 saturated carbocycles. The molecule has 0 bridgehead atoms. The number of thiazole rings is 1. The molecule has 2 aromatic carbocycles. The monoisotopic (exact) mass is 411 g/mol. The number of nitrogens with zero attached hydrogens (tertiary/aromatic N) is 1. The van der Waals surface area contributed by atoms with Gasteiger partial charge in [-0.15, -0.1) is 11.3 Å². The largest absolute Gasteiger partial charge is 0.497 e. The average Bonchev–Trinajstić information content (AvgIpc) is 3.29. The van der Waals surface area contributed by atoms with Crippen molar-refractivity contribution in [2.75, 3.05) is 7.11 Å². The number of ether oxygens (including phenoxy) is 1. The SMILES string of the molecule is COc1ccc2cc(C(=O)NCc3nc(-c4ccc(Cl)cc4)c(C)s3)[nH]c2c1. The summed E-state index contributed by atoms with van der Waals surface area (Å²) in [6.07, 6.45) is 0. The Bertz CT molecular complexity index is 1150. The fourth-order valence-electron chi connectivity index (χ4n) is 3.01. The molecule has 28 heavy (non-hydrogen) atoms. The Balaban J connectivity index is 1.48. The highest BCUT2D eigenvalue weighted by Gasteiger charge is 2.13. The van der Waals surface area contributed by atoms with E-state index in [-0.39, 0.29) is 5.91 Å². The van der Waals surface area contributed by atoms with E-state index in [0.29, 0.717) is 17.3 Å². The minimum Gasteiger partial charge on any atom is -0.497 e. The first kappa shape index (κ1) is 18.5. The van der Waals surface area contributed by atoms with Gasteiger partial charge in [0.1, 0.15) is 16.5 Å². The molecule has 142 valence electrons. The lowest BCUT2D eigenvalue weighted by Crippen LogP contribution is -2.22. The van der Waals surface area contributed by atoms with Crippen LogP contribution in [0, 0.1) is 6.92 Å². The normalized spacial score (nSPS) is 11.0. The number of aromatic nitrogens is 2. The van der Waals surface area contributed by atoms with Gasteiger partial charge in [-0.2, -0.15) is 0 Å². The van der Waals surface area contributed by atoms with Crippen LogP contribution in [0.4, 0.5) is 0 Å². The lowest BCUT2D eigenvalue weighted by Gasteiger charge is -2.01. The Morgan fingerprint density at radius 3 is 2.75 bits per heavy atom. The van der Waals surface area contributed by atoms with E-state index in [9.17, 15) is 4.79 Å². The average molecular weight is 412 g/mol. The van der Waals surface area contributed by atoms with Crippen molar-refractivity contribution >= 4 is 39.7 Å². The molecule has 0 aliphatic carbocycles. The molecule has 0 aliphatic rings. The summed E-state index contributed by atoms with van der Waals surface area (Å²) in [6, 6.07) is 15.1. The number of aryl methyl sites for hydroxylation is 1. The molecule has 1 amide bonds. The standard InChI is InChI=1S/C21H18ClN3O2S/c1-12-20(13-3-6-15(22)7-4-13)25-19(28-12)11-23-21(26)18-9-14-5-8-16(27-2)10-17(14)24-18/h3-10,24H,11H2,1-2H3,(H,23,26). The maximum atomic E-state index is 12.5. The van der Waals surface area contributed by atoms with Crippen LogP contribution in [-0.4, -0.2) is 23.0 Å². The Kier molecular flexibility index (Phi) is 5.07. The fraction of sp³-hybridized carbons (Fsp3) is 0.143. The number of halogens is 1. The quantitative estimate of drug-likeness (QED) is 0.474. The number of amides is 1. The number of aromatic amines is 1. The topological polar surface area (TPSA) is 67.0 Å². The molecular weight excluding hydrogens is 394 g/mol. The van der Waals surface area contributed by atoms with E-state index in [1.165, 1.54) is 0 Å². The van der Waals surface area contributed by atoms with Crippen LogP contribution in [0.3, 0.4) is 0 Å². The van der Waals surface area contributed by atoms with Crippen molar-refractivity contribution in [1.82, 2.24) is 15.3 Å². The van der Waals surface area contributed by atoms with E-state index < -0.39 is 0 Å². The van der Waals surface area contributed by atoms with Crippen molar-refractivity contribution in [3.8, 4) is 17.0 Å². The summed E-state index contributed by atoms with van der Waals surface area (Å²) in [7, 11) is 1.62. The third-order valence-corrected chi connectivity index (χ3v) is 5.66. The van der Waals surface area contributed by atoms with Crippen molar-refractivity contribution in [3.05, 3.63) is 69.1 Å². The number of rotatable bonds is 5. The second kappa shape index (κ2) is 7.66. The number of nitrogens with one attached hydrogen (secondary N) is 2. The smallest absolute Gasteiger partial charge is 0.268 e. The van der Waals surface area contributed by atoms with Crippen LogP contribution in [0.5, 0.6) is 5.75 Å². The van der Waals surface area contributed by atoms with Crippen molar-refractivity contribution in [3.63, 3.8) is 0 Å².